The topological polar surface area (TPSA) is 52.6 Å². The third-order valence-electron chi connectivity index (χ3n) is 5.05. The number of aryl methyl sites for hydroxylation is 1. The normalized spacial score (nSPS) is 16.3. The number of likely N-dealkylation sites (tertiary alicyclic amines) is 1. The highest BCUT2D eigenvalue weighted by Crippen LogP contribution is 2.16. The van der Waals surface area contributed by atoms with Crippen LogP contribution >= 0.6 is 22.9 Å². The summed E-state index contributed by atoms with van der Waals surface area (Å²) in [6.45, 7) is 6.20. The molecule has 1 saturated heterocycles. The van der Waals surface area contributed by atoms with Crippen molar-refractivity contribution in [1.29, 1.82) is 0 Å². The summed E-state index contributed by atoms with van der Waals surface area (Å²) >= 11 is 7.78. The summed E-state index contributed by atoms with van der Waals surface area (Å²) in [5.74, 6) is 0.892. The van der Waals surface area contributed by atoms with Crippen LogP contribution in [0.15, 0.2) is 35.5 Å². The summed E-state index contributed by atoms with van der Waals surface area (Å²) in [6.07, 6.45) is 6.24. The highest BCUT2D eigenvalue weighted by Gasteiger charge is 2.20. The van der Waals surface area contributed by atoms with Crippen LogP contribution in [0.25, 0.3) is 0 Å². The fraction of sp³-hybridized carbons (Fsp3) is 0.524. The van der Waals surface area contributed by atoms with Crippen molar-refractivity contribution in [2.45, 2.75) is 45.2 Å². The molecule has 1 aromatic heterocycles. The average molecular weight is 420 g/mol. The molecule has 5 nitrogen and oxygen atoms in total. The molecule has 0 spiro atoms. The zero-order valence-corrected chi connectivity index (χ0v) is 18.3. The van der Waals surface area contributed by atoms with E-state index in [0.717, 1.165) is 62.8 Å². The summed E-state index contributed by atoms with van der Waals surface area (Å²) in [7, 11) is 1.84. The second-order valence-corrected chi connectivity index (χ2v) is 8.78. The van der Waals surface area contributed by atoms with Crippen LogP contribution in [0.4, 0.5) is 0 Å². The standard InChI is InChI=1S/C21H30ClN5S/c1-3-19-14-25-20(28-19)8-11-24-21(23-2)26-18-9-12-27(13-10-18)15-16-4-6-17(22)7-5-16/h4-7,14,18H,3,8-13,15H2,1-2H3,(H2,23,24,26). The second-order valence-electron chi connectivity index (χ2n) is 7.14. The molecule has 0 atom stereocenters. The Labute approximate surface area is 177 Å². The zero-order valence-electron chi connectivity index (χ0n) is 16.7. The quantitative estimate of drug-likeness (QED) is 0.530. The van der Waals surface area contributed by atoms with Gasteiger partial charge in [0.1, 0.15) is 0 Å². The van der Waals surface area contributed by atoms with E-state index >= 15 is 0 Å². The van der Waals surface area contributed by atoms with Crippen LogP contribution in [-0.2, 0) is 19.4 Å². The number of nitrogens with one attached hydrogen (secondary N) is 2. The fourth-order valence-corrected chi connectivity index (χ4v) is 4.37. The molecular weight excluding hydrogens is 390 g/mol. The average Bonchev–Trinajstić information content (AvgIpc) is 3.18. The van der Waals surface area contributed by atoms with E-state index < -0.39 is 0 Å². The third kappa shape index (κ3) is 6.47. The summed E-state index contributed by atoms with van der Waals surface area (Å²) in [5, 5.41) is 8.99. The molecule has 28 heavy (non-hydrogen) atoms. The monoisotopic (exact) mass is 419 g/mol. The fourth-order valence-electron chi connectivity index (χ4n) is 3.39. The molecule has 1 aliphatic rings. The van der Waals surface area contributed by atoms with Crippen LogP contribution in [0.2, 0.25) is 5.02 Å². The number of aliphatic imine (C=N–C) groups is 1. The van der Waals surface area contributed by atoms with E-state index in [1.165, 1.54) is 15.4 Å². The van der Waals surface area contributed by atoms with Crippen molar-refractivity contribution in [2.24, 2.45) is 4.99 Å². The first-order valence-electron chi connectivity index (χ1n) is 10.0. The van der Waals surface area contributed by atoms with Crippen molar-refractivity contribution < 1.29 is 0 Å². The van der Waals surface area contributed by atoms with Crippen LogP contribution in [-0.4, -0.2) is 48.6 Å². The van der Waals surface area contributed by atoms with Gasteiger partial charge in [0.25, 0.3) is 0 Å². The molecule has 1 aliphatic heterocycles. The lowest BCUT2D eigenvalue weighted by Gasteiger charge is -2.33. The molecule has 0 amide bonds. The zero-order chi connectivity index (χ0) is 19.8. The number of guanidine groups is 1. The third-order valence-corrected chi connectivity index (χ3v) is 6.51. The molecular formula is C21H30ClN5S. The van der Waals surface area contributed by atoms with Crippen LogP contribution in [0.5, 0.6) is 0 Å². The Balaban J connectivity index is 1.37. The van der Waals surface area contributed by atoms with Gasteiger partial charge in [0.05, 0.1) is 5.01 Å². The first-order valence-corrected chi connectivity index (χ1v) is 11.2. The Bertz CT molecular complexity index is 750. The van der Waals surface area contributed by atoms with Crippen molar-refractivity contribution in [3.8, 4) is 0 Å². The Morgan fingerprint density at radius 3 is 2.68 bits per heavy atom. The minimum Gasteiger partial charge on any atom is -0.356 e. The van der Waals surface area contributed by atoms with Crippen LogP contribution < -0.4 is 10.6 Å². The number of rotatable bonds is 7. The summed E-state index contributed by atoms with van der Waals surface area (Å²) < 4.78 is 0. The maximum atomic E-state index is 5.97. The van der Waals surface area contributed by atoms with Crippen LogP contribution in [0.3, 0.4) is 0 Å². The van der Waals surface area contributed by atoms with Gasteiger partial charge < -0.3 is 10.6 Å². The van der Waals surface area contributed by atoms with Crippen molar-refractivity contribution in [3.05, 3.63) is 50.9 Å². The Morgan fingerprint density at radius 1 is 1.29 bits per heavy atom. The van der Waals surface area contributed by atoms with E-state index in [-0.39, 0.29) is 0 Å². The highest BCUT2D eigenvalue weighted by molar-refractivity contribution is 7.11. The van der Waals surface area contributed by atoms with Gasteiger partial charge in [-0.3, -0.25) is 9.89 Å². The Hall–Kier alpha value is -1.63. The largest absolute Gasteiger partial charge is 0.356 e. The van der Waals surface area contributed by atoms with Crippen molar-refractivity contribution >= 4 is 28.9 Å². The number of piperidine rings is 1. The lowest BCUT2D eigenvalue weighted by molar-refractivity contribution is 0.198. The molecule has 0 bridgehead atoms. The number of hydrogen-bond acceptors (Lipinski definition) is 4. The highest BCUT2D eigenvalue weighted by atomic mass is 35.5. The minimum absolute atomic E-state index is 0.472. The van der Waals surface area contributed by atoms with Crippen LogP contribution in [0.1, 0.15) is 35.2 Å². The van der Waals surface area contributed by atoms with Gasteiger partial charge in [-0.25, -0.2) is 4.98 Å². The molecule has 2 N–H and O–H groups in total. The smallest absolute Gasteiger partial charge is 0.191 e. The molecule has 0 saturated carbocycles. The Morgan fingerprint density at radius 2 is 2.04 bits per heavy atom. The maximum absolute atomic E-state index is 5.97. The first-order chi connectivity index (χ1) is 13.7. The minimum atomic E-state index is 0.472. The molecule has 3 rings (SSSR count). The predicted octanol–water partition coefficient (Wildman–Crippen LogP) is 3.73. The van der Waals surface area contributed by atoms with Crippen molar-refractivity contribution in [2.75, 3.05) is 26.7 Å². The molecule has 1 fully saturated rings. The SMILES string of the molecule is CCc1cnc(CCNC(=NC)NC2CCN(Cc3ccc(Cl)cc3)CC2)s1. The number of halogens is 1. The van der Waals surface area contributed by atoms with Gasteiger partial charge in [0, 0.05) is 61.8 Å². The number of hydrogen-bond donors (Lipinski definition) is 2. The van der Waals surface area contributed by atoms with E-state index in [0.29, 0.717) is 6.04 Å². The van der Waals surface area contributed by atoms with E-state index in [1.807, 2.05) is 25.4 Å². The molecule has 0 unspecified atom stereocenters. The Kier molecular flexibility index (Phi) is 8.13. The molecule has 0 radical (unpaired) electrons. The number of benzene rings is 1. The summed E-state index contributed by atoms with van der Waals surface area (Å²) in [5.41, 5.74) is 1.32. The molecule has 2 aromatic rings. The molecule has 7 heteroatoms. The molecule has 152 valence electrons. The number of nitrogens with zero attached hydrogens (tertiary/aromatic N) is 3. The van der Waals surface area contributed by atoms with Gasteiger partial charge in [-0.2, -0.15) is 0 Å². The second kappa shape index (κ2) is 10.8. The van der Waals surface area contributed by atoms with E-state index in [4.69, 9.17) is 11.6 Å². The van der Waals surface area contributed by atoms with Crippen molar-refractivity contribution in [1.82, 2.24) is 20.5 Å². The predicted molar refractivity (Wildman–Crippen MR) is 119 cm³/mol. The first kappa shape index (κ1) is 21.1. The number of thiazole rings is 1. The van der Waals surface area contributed by atoms with Gasteiger partial charge in [-0.15, -0.1) is 11.3 Å². The summed E-state index contributed by atoms with van der Waals surface area (Å²) in [6, 6.07) is 8.64. The molecule has 2 heterocycles. The van der Waals surface area contributed by atoms with Gasteiger partial charge in [0.15, 0.2) is 5.96 Å². The van der Waals surface area contributed by atoms with Gasteiger partial charge >= 0.3 is 0 Å². The van der Waals surface area contributed by atoms with Crippen LogP contribution in [0, 0.1) is 0 Å². The van der Waals surface area contributed by atoms with Gasteiger partial charge in [-0.05, 0) is 37.0 Å². The van der Waals surface area contributed by atoms with E-state index in [2.05, 4.69) is 44.6 Å². The summed E-state index contributed by atoms with van der Waals surface area (Å²) in [4.78, 5) is 12.7. The number of aromatic nitrogens is 1. The van der Waals surface area contributed by atoms with E-state index in [1.54, 1.807) is 11.3 Å². The van der Waals surface area contributed by atoms with Crippen molar-refractivity contribution in [3.63, 3.8) is 0 Å². The molecule has 1 aromatic carbocycles. The maximum Gasteiger partial charge on any atom is 0.191 e. The van der Waals surface area contributed by atoms with E-state index in [9.17, 15) is 0 Å². The van der Waals surface area contributed by atoms with Gasteiger partial charge in [-0.1, -0.05) is 30.7 Å². The van der Waals surface area contributed by atoms with Gasteiger partial charge in [0.2, 0.25) is 0 Å². The lowest BCUT2D eigenvalue weighted by Crippen LogP contribution is -2.48. The lowest BCUT2D eigenvalue weighted by atomic mass is 10.0. The molecule has 0 aliphatic carbocycles.